The number of benzene rings is 1. The number of hydrogen-bond acceptors (Lipinski definition) is 6. The van der Waals surface area contributed by atoms with Crippen LogP contribution in [0.5, 0.6) is 0 Å². The maximum Gasteiger partial charge on any atom is 0.456 e. The molecule has 0 saturated carbocycles. The first-order valence-corrected chi connectivity index (χ1v) is 13.8. The van der Waals surface area contributed by atoms with Crippen LogP contribution in [-0.2, 0) is 9.47 Å². The Morgan fingerprint density at radius 3 is 2.40 bits per heavy atom. The molecule has 1 aliphatic rings. The summed E-state index contributed by atoms with van der Waals surface area (Å²) < 4.78 is 64.9. The molecule has 7 nitrogen and oxygen atoms in total. The molecule has 1 aliphatic carbocycles. The average molecular weight is 590 g/mol. The predicted octanol–water partition coefficient (Wildman–Crippen LogP) is 7.76. The van der Waals surface area contributed by atoms with Gasteiger partial charge >= 0.3 is 17.7 Å². The fourth-order valence-electron chi connectivity index (χ4n) is 3.33. The molecule has 2 rings (SSSR count). The number of halogens is 4. The summed E-state index contributed by atoms with van der Waals surface area (Å²) in [5.74, 6) is -0.577. The van der Waals surface area contributed by atoms with E-state index < -0.39 is 35.2 Å². The van der Waals surface area contributed by atoms with Gasteiger partial charge in [-0.2, -0.15) is 13.2 Å². The number of alkyl halides is 3. The van der Waals surface area contributed by atoms with Crippen molar-refractivity contribution in [3.8, 4) is 0 Å². The molecule has 1 unspecified atom stereocenters. The van der Waals surface area contributed by atoms with Gasteiger partial charge in [0.15, 0.2) is 0 Å². The van der Waals surface area contributed by atoms with Gasteiger partial charge in [0.1, 0.15) is 17.5 Å². The second-order valence-corrected chi connectivity index (χ2v) is 10.4. The summed E-state index contributed by atoms with van der Waals surface area (Å²) in [5, 5.41) is 2.53. The van der Waals surface area contributed by atoms with Gasteiger partial charge in [-0.15, -0.1) is 0 Å². The third-order valence-electron chi connectivity index (χ3n) is 5.01. The quantitative estimate of drug-likeness (QED) is 0.226. The van der Waals surface area contributed by atoms with Crippen molar-refractivity contribution in [1.82, 2.24) is 10.0 Å². The molecule has 1 aromatic carbocycles. The molecule has 2 N–H and O–H groups in total. The molecule has 0 fully saturated rings. The van der Waals surface area contributed by atoms with Crippen LogP contribution in [0.3, 0.4) is 0 Å². The molecule has 0 aliphatic heterocycles. The molecule has 12 heteroatoms. The van der Waals surface area contributed by atoms with Crippen molar-refractivity contribution in [2.45, 2.75) is 72.1 Å². The van der Waals surface area contributed by atoms with E-state index in [0.29, 0.717) is 17.6 Å². The summed E-state index contributed by atoms with van der Waals surface area (Å²) in [6.45, 7) is 12.8. The molecule has 0 radical (unpaired) electrons. The van der Waals surface area contributed by atoms with Crippen molar-refractivity contribution in [2.24, 2.45) is 0 Å². The highest BCUT2D eigenvalue weighted by Crippen LogP contribution is 2.29. The molecule has 0 aromatic heterocycles. The predicted molar refractivity (Wildman–Crippen MR) is 152 cm³/mol. The highest BCUT2D eigenvalue weighted by molar-refractivity contribution is 7.98. The zero-order chi connectivity index (χ0) is 30.5. The van der Waals surface area contributed by atoms with Gasteiger partial charge in [-0.05, 0) is 64.8 Å². The molecule has 0 bridgehead atoms. The first kappa shape index (κ1) is 35.0. The lowest BCUT2D eigenvalue weighted by Crippen LogP contribution is -2.40. The minimum absolute atomic E-state index is 0.0268. The summed E-state index contributed by atoms with van der Waals surface area (Å²) in [5.41, 5.74) is -3.22. The SMILES string of the molecule is CC.CCN(C(=O)OC(C)CNC(=O)OC(C)(C)C)c1ccc(C2=CC=C(CNSC(F)(F)F)CC=C2)c(F)c1. The average Bonchev–Trinajstić information content (AvgIpc) is 3.08. The van der Waals surface area contributed by atoms with Crippen molar-refractivity contribution >= 4 is 35.4 Å². The van der Waals surface area contributed by atoms with Gasteiger partial charge in [-0.3, -0.25) is 9.62 Å². The number of allylic oxidation sites excluding steroid dienone is 5. The van der Waals surface area contributed by atoms with E-state index >= 15 is 4.39 Å². The van der Waals surface area contributed by atoms with Crippen LogP contribution in [0.2, 0.25) is 0 Å². The van der Waals surface area contributed by atoms with Crippen LogP contribution in [0.1, 0.15) is 60.5 Å². The molecule has 40 heavy (non-hydrogen) atoms. The molecule has 0 saturated heterocycles. The van der Waals surface area contributed by atoms with Gasteiger partial charge in [0.25, 0.3) is 0 Å². The lowest BCUT2D eigenvalue weighted by atomic mass is 10.0. The third-order valence-corrected chi connectivity index (χ3v) is 5.53. The molecule has 2 amide bonds. The maximum absolute atomic E-state index is 15.1. The normalized spacial score (nSPS) is 14.1. The summed E-state index contributed by atoms with van der Waals surface area (Å²) in [4.78, 5) is 25.8. The van der Waals surface area contributed by atoms with Crippen LogP contribution in [0.4, 0.5) is 32.8 Å². The van der Waals surface area contributed by atoms with Gasteiger partial charge in [0, 0.05) is 36.3 Å². The molecule has 0 spiro atoms. The summed E-state index contributed by atoms with van der Waals surface area (Å²) in [7, 11) is 0. The Bertz CT molecular complexity index is 1080. The Morgan fingerprint density at radius 1 is 1.15 bits per heavy atom. The number of hydrogen-bond donors (Lipinski definition) is 2. The van der Waals surface area contributed by atoms with Gasteiger partial charge in [0.2, 0.25) is 0 Å². The van der Waals surface area contributed by atoms with E-state index in [2.05, 4.69) is 10.0 Å². The highest BCUT2D eigenvalue weighted by Gasteiger charge is 2.28. The lowest BCUT2D eigenvalue weighted by Gasteiger charge is -2.24. The monoisotopic (exact) mass is 589 g/mol. The molecule has 1 atom stereocenters. The summed E-state index contributed by atoms with van der Waals surface area (Å²) in [6, 6.07) is 4.33. The third kappa shape index (κ3) is 12.9. The van der Waals surface area contributed by atoms with E-state index in [-0.39, 0.29) is 42.8 Å². The van der Waals surface area contributed by atoms with Crippen molar-refractivity contribution in [3.63, 3.8) is 0 Å². The van der Waals surface area contributed by atoms with Crippen LogP contribution in [0.15, 0.2) is 48.1 Å². The number of ether oxygens (including phenoxy) is 2. The summed E-state index contributed by atoms with van der Waals surface area (Å²) in [6.07, 6.45) is 5.16. The smallest absolute Gasteiger partial charge is 0.444 e. The second kappa shape index (κ2) is 16.3. The zero-order valence-corrected chi connectivity index (χ0v) is 24.8. The van der Waals surface area contributed by atoms with Crippen molar-refractivity contribution in [3.05, 3.63) is 59.5 Å². The fourth-order valence-corrected chi connectivity index (χ4v) is 3.75. The first-order chi connectivity index (χ1) is 18.7. The van der Waals surface area contributed by atoms with Gasteiger partial charge < -0.3 is 14.8 Å². The number of rotatable bonds is 9. The van der Waals surface area contributed by atoms with Gasteiger partial charge in [-0.25, -0.2) is 14.0 Å². The van der Waals surface area contributed by atoms with E-state index in [1.54, 1.807) is 65.0 Å². The van der Waals surface area contributed by atoms with Crippen LogP contribution < -0.4 is 14.9 Å². The van der Waals surface area contributed by atoms with E-state index in [4.69, 9.17) is 9.47 Å². The fraction of sp³-hybridized carbons (Fsp3) is 0.500. The number of anilines is 1. The molecular weight excluding hydrogens is 550 g/mol. The molecule has 0 heterocycles. The van der Waals surface area contributed by atoms with Gasteiger partial charge in [0.05, 0.1) is 6.54 Å². The standard InChI is InChI=1S/C26H33F4N3O4S.C2H6/c1-6-33(24(35)36-17(2)15-31-23(34)37-25(3,4)5)20-12-13-21(22(27)14-20)19-9-7-8-18(10-11-19)16-32-38-26(28,29)30;1-2/h7,9-14,17,32H,6,8,15-16H2,1-5H3,(H,31,34);1-2H3. The minimum atomic E-state index is -4.37. The number of amides is 2. The molecule has 1 aromatic rings. The number of nitrogens with zero attached hydrogens (tertiary/aromatic N) is 1. The number of alkyl carbamates (subject to hydrolysis) is 1. The Morgan fingerprint density at radius 2 is 1.82 bits per heavy atom. The van der Waals surface area contributed by atoms with Gasteiger partial charge in [-0.1, -0.05) is 43.7 Å². The molecule has 224 valence electrons. The Kier molecular flexibility index (Phi) is 14.3. The minimum Gasteiger partial charge on any atom is -0.444 e. The number of carbonyl (C=O) groups excluding carboxylic acids is 2. The van der Waals surface area contributed by atoms with Crippen molar-refractivity contribution in [1.29, 1.82) is 0 Å². The van der Waals surface area contributed by atoms with E-state index in [1.165, 1.54) is 17.0 Å². The summed E-state index contributed by atoms with van der Waals surface area (Å²) >= 11 is -0.311. The van der Waals surface area contributed by atoms with Crippen LogP contribution in [-0.4, -0.2) is 49.0 Å². The van der Waals surface area contributed by atoms with E-state index in [1.807, 2.05) is 13.8 Å². The number of nitrogens with one attached hydrogen (secondary N) is 2. The molecular formula is C28H39F4N3O4S. The van der Waals surface area contributed by atoms with Crippen LogP contribution in [0.25, 0.3) is 5.57 Å². The van der Waals surface area contributed by atoms with E-state index in [0.717, 1.165) is 0 Å². The highest BCUT2D eigenvalue weighted by atomic mass is 32.2. The Balaban J connectivity index is 0.00000391. The first-order valence-electron chi connectivity index (χ1n) is 13.0. The lowest BCUT2D eigenvalue weighted by molar-refractivity contribution is -0.0335. The van der Waals surface area contributed by atoms with Crippen molar-refractivity contribution in [2.75, 3.05) is 24.5 Å². The number of carbonyl (C=O) groups is 2. The Labute approximate surface area is 238 Å². The van der Waals surface area contributed by atoms with Crippen molar-refractivity contribution < 1.29 is 36.6 Å². The van der Waals surface area contributed by atoms with E-state index in [9.17, 15) is 22.8 Å². The zero-order valence-electron chi connectivity index (χ0n) is 23.9. The van der Waals surface area contributed by atoms with Crippen LogP contribution >= 0.6 is 11.9 Å². The largest absolute Gasteiger partial charge is 0.456 e. The van der Waals surface area contributed by atoms with Crippen LogP contribution in [0, 0.1) is 5.82 Å². The Hall–Kier alpha value is -2.99. The topological polar surface area (TPSA) is 79.9 Å². The maximum atomic E-state index is 15.1. The second-order valence-electron chi connectivity index (χ2n) is 9.41.